The van der Waals surface area contributed by atoms with Gasteiger partial charge in [0.1, 0.15) is 17.3 Å². The molecular formula is C20H15N3O2. The van der Waals surface area contributed by atoms with Gasteiger partial charge in [-0.15, -0.1) is 0 Å². The van der Waals surface area contributed by atoms with Crippen LogP contribution < -0.4 is 16.0 Å². The standard InChI is InChI=1S/C20H15N3O2/c21-14-9-10-18-17(12-14)20(24)23-19(22-18)13-5-4-8-16(11-13)25-15-6-2-1-3-7-15/h1-12H,21H2,(H,22,23,24). The van der Waals surface area contributed by atoms with Gasteiger partial charge in [-0.05, 0) is 42.5 Å². The van der Waals surface area contributed by atoms with Crippen molar-refractivity contribution in [1.82, 2.24) is 9.97 Å². The summed E-state index contributed by atoms with van der Waals surface area (Å²) in [5.41, 5.74) is 7.42. The van der Waals surface area contributed by atoms with Gasteiger partial charge in [-0.25, -0.2) is 4.98 Å². The van der Waals surface area contributed by atoms with Crippen molar-refractivity contribution in [3.63, 3.8) is 0 Å². The fourth-order valence-electron chi connectivity index (χ4n) is 2.62. The Morgan fingerprint density at radius 2 is 1.68 bits per heavy atom. The van der Waals surface area contributed by atoms with Crippen LogP contribution in [0.1, 0.15) is 0 Å². The molecule has 0 aliphatic heterocycles. The number of aromatic nitrogens is 2. The van der Waals surface area contributed by atoms with E-state index in [0.29, 0.717) is 28.2 Å². The van der Waals surface area contributed by atoms with E-state index in [-0.39, 0.29) is 5.56 Å². The van der Waals surface area contributed by atoms with Gasteiger partial charge in [-0.1, -0.05) is 30.3 Å². The number of H-pyrrole nitrogens is 1. The number of hydrogen-bond donors (Lipinski definition) is 2. The van der Waals surface area contributed by atoms with Gasteiger partial charge >= 0.3 is 0 Å². The molecule has 25 heavy (non-hydrogen) atoms. The number of aromatic amines is 1. The van der Waals surface area contributed by atoms with Crippen molar-refractivity contribution in [3.8, 4) is 22.9 Å². The minimum Gasteiger partial charge on any atom is -0.457 e. The van der Waals surface area contributed by atoms with Crippen molar-refractivity contribution >= 4 is 16.6 Å². The number of nitrogens with zero attached hydrogens (tertiary/aromatic N) is 1. The smallest absolute Gasteiger partial charge is 0.259 e. The number of para-hydroxylation sites is 1. The molecule has 0 spiro atoms. The minimum absolute atomic E-state index is 0.221. The summed E-state index contributed by atoms with van der Waals surface area (Å²) in [5.74, 6) is 1.90. The molecule has 122 valence electrons. The van der Waals surface area contributed by atoms with Gasteiger partial charge < -0.3 is 15.5 Å². The van der Waals surface area contributed by atoms with Crippen LogP contribution in [0.15, 0.2) is 77.6 Å². The molecule has 3 aromatic carbocycles. The number of nitrogens with two attached hydrogens (primary N) is 1. The lowest BCUT2D eigenvalue weighted by atomic mass is 10.1. The first-order valence-corrected chi connectivity index (χ1v) is 7.82. The van der Waals surface area contributed by atoms with Crippen LogP contribution in [0.3, 0.4) is 0 Å². The summed E-state index contributed by atoms with van der Waals surface area (Å²) in [6, 6.07) is 22.0. The Labute approximate surface area is 143 Å². The maximum absolute atomic E-state index is 12.3. The van der Waals surface area contributed by atoms with Gasteiger partial charge in [0.15, 0.2) is 0 Å². The maximum atomic E-state index is 12.3. The van der Waals surface area contributed by atoms with E-state index in [1.165, 1.54) is 0 Å². The van der Waals surface area contributed by atoms with E-state index >= 15 is 0 Å². The Morgan fingerprint density at radius 1 is 0.880 bits per heavy atom. The van der Waals surface area contributed by atoms with E-state index in [1.807, 2.05) is 54.6 Å². The lowest BCUT2D eigenvalue weighted by Gasteiger charge is -2.08. The van der Waals surface area contributed by atoms with Crippen LogP contribution in [0, 0.1) is 0 Å². The van der Waals surface area contributed by atoms with Crippen molar-refractivity contribution < 1.29 is 4.74 Å². The number of benzene rings is 3. The Hall–Kier alpha value is -3.60. The molecule has 5 nitrogen and oxygen atoms in total. The lowest BCUT2D eigenvalue weighted by Crippen LogP contribution is -2.09. The third-order valence-electron chi connectivity index (χ3n) is 3.82. The van der Waals surface area contributed by atoms with E-state index in [1.54, 1.807) is 18.2 Å². The number of anilines is 1. The van der Waals surface area contributed by atoms with Gasteiger partial charge in [0.05, 0.1) is 10.9 Å². The molecule has 3 N–H and O–H groups in total. The molecule has 0 atom stereocenters. The SMILES string of the molecule is Nc1ccc2nc(-c3cccc(Oc4ccccc4)c3)[nH]c(=O)c2c1. The zero-order chi connectivity index (χ0) is 17.2. The molecule has 0 unspecified atom stereocenters. The topological polar surface area (TPSA) is 81.0 Å². The van der Waals surface area contributed by atoms with Gasteiger partial charge in [0, 0.05) is 11.3 Å². The molecule has 4 aromatic rings. The molecule has 1 heterocycles. The van der Waals surface area contributed by atoms with Crippen LogP contribution in [0.5, 0.6) is 11.5 Å². The lowest BCUT2D eigenvalue weighted by molar-refractivity contribution is 0.483. The van der Waals surface area contributed by atoms with Crippen LogP contribution in [-0.4, -0.2) is 9.97 Å². The van der Waals surface area contributed by atoms with Crippen molar-refractivity contribution in [1.29, 1.82) is 0 Å². The van der Waals surface area contributed by atoms with Crippen molar-refractivity contribution in [2.45, 2.75) is 0 Å². The van der Waals surface area contributed by atoms with Gasteiger partial charge in [0.2, 0.25) is 0 Å². The fourth-order valence-corrected chi connectivity index (χ4v) is 2.62. The van der Waals surface area contributed by atoms with Crippen LogP contribution in [0.25, 0.3) is 22.3 Å². The molecule has 5 heteroatoms. The molecule has 4 rings (SSSR count). The van der Waals surface area contributed by atoms with Crippen LogP contribution in [0.4, 0.5) is 5.69 Å². The largest absolute Gasteiger partial charge is 0.457 e. The Kier molecular flexibility index (Phi) is 3.67. The third kappa shape index (κ3) is 3.07. The van der Waals surface area contributed by atoms with E-state index in [9.17, 15) is 4.79 Å². The summed E-state index contributed by atoms with van der Waals surface area (Å²) in [6.07, 6.45) is 0. The van der Waals surface area contributed by atoms with Gasteiger partial charge in [-0.3, -0.25) is 4.79 Å². The number of ether oxygens (including phenoxy) is 1. The predicted molar refractivity (Wildman–Crippen MR) is 98.7 cm³/mol. The molecule has 0 aliphatic carbocycles. The number of fused-ring (bicyclic) bond motifs is 1. The highest BCUT2D eigenvalue weighted by Crippen LogP contribution is 2.26. The fraction of sp³-hybridized carbons (Fsp3) is 0. The predicted octanol–water partition coefficient (Wildman–Crippen LogP) is 3.96. The molecule has 1 aromatic heterocycles. The number of nitrogen functional groups attached to an aromatic ring is 1. The van der Waals surface area contributed by atoms with E-state index in [4.69, 9.17) is 10.5 Å². The number of hydrogen-bond acceptors (Lipinski definition) is 4. The summed E-state index contributed by atoms with van der Waals surface area (Å²) >= 11 is 0. The monoisotopic (exact) mass is 329 g/mol. The van der Waals surface area contributed by atoms with Crippen molar-refractivity contribution in [2.24, 2.45) is 0 Å². The quantitative estimate of drug-likeness (QED) is 0.557. The number of nitrogens with one attached hydrogen (secondary N) is 1. The molecule has 0 amide bonds. The molecule has 0 radical (unpaired) electrons. The first-order chi connectivity index (χ1) is 12.2. The molecule has 0 aliphatic rings. The molecule has 0 saturated carbocycles. The molecular weight excluding hydrogens is 314 g/mol. The summed E-state index contributed by atoms with van der Waals surface area (Å²) in [5, 5.41) is 0.473. The summed E-state index contributed by atoms with van der Waals surface area (Å²) in [4.78, 5) is 19.7. The Bertz CT molecular complexity index is 1100. The summed E-state index contributed by atoms with van der Waals surface area (Å²) in [7, 11) is 0. The zero-order valence-electron chi connectivity index (χ0n) is 13.3. The van der Waals surface area contributed by atoms with Crippen LogP contribution in [0.2, 0.25) is 0 Å². The van der Waals surface area contributed by atoms with Crippen LogP contribution in [-0.2, 0) is 0 Å². The maximum Gasteiger partial charge on any atom is 0.259 e. The number of rotatable bonds is 3. The first-order valence-electron chi connectivity index (χ1n) is 7.82. The summed E-state index contributed by atoms with van der Waals surface area (Å²) in [6.45, 7) is 0. The Morgan fingerprint density at radius 3 is 2.52 bits per heavy atom. The highest BCUT2D eigenvalue weighted by molar-refractivity contribution is 5.82. The van der Waals surface area contributed by atoms with Crippen molar-refractivity contribution in [2.75, 3.05) is 5.73 Å². The normalized spacial score (nSPS) is 10.7. The van der Waals surface area contributed by atoms with Crippen molar-refractivity contribution in [3.05, 3.63) is 83.2 Å². The highest BCUT2D eigenvalue weighted by atomic mass is 16.5. The summed E-state index contributed by atoms with van der Waals surface area (Å²) < 4.78 is 5.84. The first kappa shape index (κ1) is 15.0. The minimum atomic E-state index is -0.221. The van der Waals surface area contributed by atoms with Gasteiger partial charge in [-0.2, -0.15) is 0 Å². The van der Waals surface area contributed by atoms with E-state index < -0.39 is 0 Å². The van der Waals surface area contributed by atoms with Gasteiger partial charge in [0.25, 0.3) is 5.56 Å². The average Bonchev–Trinajstić information content (AvgIpc) is 2.63. The zero-order valence-corrected chi connectivity index (χ0v) is 13.3. The third-order valence-corrected chi connectivity index (χ3v) is 3.82. The molecule has 0 saturated heterocycles. The van der Waals surface area contributed by atoms with Crippen LogP contribution >= 0.6 is 0 Å². The van der Waals surface area contributed by atoms with E-state index in [0.717, 1.165) is 11.3 Å². The molecule has 0 bridgehead atoms. The highest BCUT2D eigenvalue weighted by Gasteiger charge is 2.08. The average molecular weight is 329 g/mol. The van der Waals surface area contributed by atoms with E-state index in [2.05, 4.69) is 9.97 Å². The second kappa shape index (κ2) is 6.13. The second-order valence-corrected chi connectivity index (χ2v) is 5.63. The Balaban J connectivity index is 1.75. The molecule has 0 fully saturated rings. The second-order valence-electron chi connectivity index (χ2n) is 5.63.